The first-order valence-corrected chi connectivity index (χ1v) is 6.24. The van der Waals surface area contributed by atoms with Crippen molar-refractivity contribution < 1.29 is 0 Å². The summed E-state index contributed by atoms with van der Waals surface area (Å²) in [6.45, 7) is 7.91. The molecule has 0 saturated carbocycles. The van der Waals surface area contributed by atoms with E-state index in [1.165, 1.54) is 4.57 Å². The van der Waals surface area contributed by atoms with E-state index in [9.17, 15) is 9.59 Å². The normalized spacial score (nSPS) is 13.4. The van der Waals surface area contributed by atoms with E-state index < -0.39 is 0 Å². The van der Waals surface area contributed by atoms with Crippen molar-refractivity contribution in [3.8, 4) is 0 Å². The SMILES string of the molecule is Cc1cc2[nH]c(=O)n(C(C)CC(C)C)c(=O)c2[nH]1. The fourth-order valence-corrected chi connectivity index (χ4v) is 2.43. The lowest BCUT2D eigenvalue weighted by Crippen LogP contribution is -2.37. The van der Waals surface area contributed by atoms with Gasteiger partial charge in [-0.2, -0.15) is 0 Å². The highest BCUT2D eigenvalue weighted by Gasteiger charge is 2.15. The average molecular weight is 249 g/mol. The van der Waals surface area contributed by atoms with Crippen molar-refractivity contribution in [2.75, 3.05) is 0 Å². The van der Waals surface area contributed by atoms with Crippen LogP contribution in [0.5, 0.6) is 0 Å². The lowest BCUT2D eigenvalue weighted by molar-refractivity contribution is 0.408. The Morgan fingerprint density at radius 2 is 1.89 bits per heavy atom. The van der Waals surface area contributed by atoms with E-state index in [1.807, 2.05) is 13.8 Å². The van der Waals surface area contributed by atoms with Crippen LogP contribution in [0.1, 0.15) is 38.9 Å². The van der Waals surface area contributed by atoms with Crippen molar-refractivity contribution in [1.29, 1.82) is 0 Å². The van der Waals surface area contributed by atoms with Crippen molar-refractivity contribution in [2.45, 2.75) is 40.2 Å². The highest BCUT2D eigenvalue weighted by molar-refractivity contribution is 5.74. The molecule has 0 aromatic carbocycles. The number of hydrogen-bond acceptors (Lipinski definition) is 2. The number of nitrogens with one attached hydrogen (secondary N) is 2. The molecule has 2 N–H and O–H groups in total. The van der Waals surface area contributed by atoms with E-state index >= 15 is 0 Å². The van der Waals surface area contributed by atoms with Gasteiger partial charge in [-0.3, -0.25) is 9.36 Å². The molecule has 0 aliphatic heterocycles. The molecule has 1 atom stereocenters. The van der Waals surface area contributed by atoms with Gasteiger partial charge in [0.05, 0.1) is 5.52 Å². The Hall–Kier alpha value is -1.78. The minimum Gasteiger partial charge on any atom is -0.353 e. The Morgan fingerprint density at radius 3 is 2.50 bits per heavy atom. The second-order valence-electron chi connectivity index (χ2n) is 5.32. The van der Waals surface area contributed by atoms with Gasteiger partial charge in [0.15, 0.2) is 0 Å². The molecule has 0 bridgehead atoms. The lowest BCUT2D eigenvalue weighted by atomic mass is 10.1. The molecule has 0 spiro atoms. The van der Waals surface area contributed by atoms with E-state index in [4.69, 9.17) is 0 Å². The second-order valence-corrected chi connectivity index (χ2v) is 5.32. The van der Waals surface area contributed by atoms with Gasteiger partial charge in [-0.25, -0.2) is 4.79 Å². The molecule has 18 heavy (non-hydrogen) atoms. The van der Waals surface area contributed by atoms with Crippen LogP contribution < -0.4 is 11.2 Å². The van der Waals surface area contributed by atoms with Crippen LogP contribution in [-0.2, 0) is 0 Å². The molecule has 5 heteroatoms. The molecular weight excluding hydrogens is 230 g/mol. The number of fused-ring (bicyclic) bond motifs is 1. The predicted molar refractivity (Wildman–Crippen MR) is 72.1 cm³/mol. The maximum Gasteiger partial charge on any atom is 0.329 e. The quantitative estimate of drug-likeness (QED) is 0.872. The minimum atomic E-state index is -0.334. The Balaban J connectivity index is 2.64. The van der Waals surface area contributed by atoms with E-state index in [0.29, 0.717) is 17.0 Å². The molecule has 2 heterocycles. The molecule has 0 aliphatic carbocycles. The number of H-pyrrole nitrogens is 2. The Morgan fingerprint density at radius 1 is 1.22 bits per heavy atom. The smallest absolute Gasteiger partial charge is 0.329 e. The molecule has 0 saturated heterocycles. The number of rotatable bonds is 3. The predicted octanol–water partition coefficient (Wildman–Crippen LogP) is 1.93. The monoisotopic (exact) mass is 249 g/mol. The summed E-state index contributed by atoms with van der Waals surface area (Å²) in [5.41, 5.74) is 1.35. The lowest BCUT2D eigenvalue weighted by Gasteiger charge is -2.15. The van der Waals surface area contributed by atoms with Gasteiger partial charge >= 0.3 is 5.69 Å². The maximum atomic E-state index is 12.3. The fraction of sp³-hybridized carbons (Fsp3) is 0.538. The summed E-state index contributed by atoms with van der Waals surface area (Å²) in [6, 6.07) is 1.67. The number of nitrogens with zero attached hydrogens (tertiary/aromatic N) is 1. The Labute approximate surface area is 105 Å². The number of aryl methyl sites for hydroxylation is 1. The van der Waals surface area contributed by atoms with Gasteiger partial charge in [0.1, 0.15) is 5.52 Å². The van der Waals surface area contributed by atoms with Crippen molar-refractivity contribution in [3.05, 3.63) is 32.6 Å². The van der Waals surface area contributed by atoms with Crippen molar-refractivity contribution in [3.63, 3.8) is 0 Å². The summed E-state index contributed by atoms with van der Waals surface area (Å²) < 4.78 is 1.30. The van der Waals surface area contributed by atoms with Crippen LogP contribution >= 0.6 is 0 Å². The zero-order chi connectivity index (χ0) is 13.4. The van der Waals surface area contributed by atoms with E-state index in [0.717, 1.165) is 12.1 Å². The highest BCUT2D eigenvalue weighted by atomic mass is 16.2. The first-order valence-electron chi connectivity index (χ1n) is 6.24. The summed E-state index contributed by atoms with van der Waals surface area (Å²) in [5.74, 6) is 0.437. The molecule has 0 amide bonds. The molecule has 0 fully saturated rings. The molecule has 0 radical (unpaired) electrons. The van der Waals surface area contributed by atoms with Gasteiger partial charge in [-0.15, -0.1) is 0 Å². The van der Waals surface area contributed by atoms with E-state index in [1.54, 1.807) is 6.07 Å². The molecule has 2 rings (SSSR count). The third kappa shape index (κ3) is 2.12. The van der Waals surface area contributed by atoms with Gasteiger partial charge in [0.25, 0.3) is 5.56 Å². The van der Waals surface area contributed by atoms with Crippen LogP contribution in [0.25, 0.3) is 11.0 Å². The van der Waals surface area contributed by atoms with Gasteiger partial charge in [-0.05, 0) is 32.3 Å². The van der Waals surface area contributed by atoms with Crippen LogP contribution in [0.2, 0.25) is 0 Å². The molecule has 98 valence electrons. The number of aromatic amines is 2. The molecule has 1 unspecified atom stereocenters. The van der Waals surface area contributed by atoms with E-state index in [2.05, 4.69) is 23.8 Å². The second kappa shape index (κ2) is 4.48. The summed E-state index contributed by atoms with van der Waals surface area (Å²) >= 11 is 0. The maximum absolute atomic E-state index is 12.3. The number of hydrogen-bond donors (Lipinski definition) is 2. The first-order chi connectivity index (χ1) is 8.40. The molecule has 2 aromatic heterocycles. The number of aromatic nitrogens is 3. The van der Waals surface area contributed by atoms with Gasteiger partial charge < -0.3 is 9.97 Å². The fourth-order valence-electron chi connectivity index (χ4n) is 2.43. The van der Waals surface area contributed by atoms with E-state index in [-0.39, 0.29) is 17.3 Å². The Bertz CT molecular complexity index is 676. The Kier molecular flexibility index (Phi) is 3.15. The summed E-state index contributed by atoms with van der Waals surface area (Å²) in [7, 11) is 0. The molecule has 0 aliphatic rings. The van der Waals surface area contributed by atoms with Crippen LogP contribution in [0.15, 0.2) is 15.7 Å². The molecule has 2 aromatic rings. The summed E-state index contributed by atoms with van der Waals surface area (Å²) in [5, 5.41) is 0. The standard InChI is InChI=1S/C13H19N3O2/c1-7(2)5-9(4)16-12(17)11-10(15-13(16)18)6-8(3)14-11/h6-7,9,14H,5H2,1-4H3,(H,15,18). The summed E-state index contributed by atoms with van der Waals surface area (Å²) in [4.78, 5) is 30.0. The molecule has 5 nitrogen and oxygen atoms in total. The van der Waals surface area contributed by atoms with Crippen molar-refractivity contribution in [1.82, 2.24) is 14.5 Å². The van der Waals surface area contributed by atoms with Gasteiger partial charge in [-0.1, -0.05) is 13.8 Å². The zero-order valence-corrected chi connectivity index (χ0v) is 11.2. The van der Waals surface area contributed by atoms with Crippen LogP contribution in [-0.4, -0.2) is 14.5 Å². The van der Waals surface area contributed by atoms with Crippen LogP contribution in [0, 0.1) is 12.8 Å². The largest absolute Gasteiger partial charge is 0.353 e. The zero-order valence-electron chi connectivity index (χ0n) is 11.2. The van der Waals surface area contributed by atoms with Crippen LogP contribution in [0.3, 0.4) is 0 Å². The first kappa shape index (κ1) is 12.7. The average Bonchev–Trinajstić information content (AvgIpc) is 2.57. The van der Waals surface area contributed by atoms with Crippen molar-refractivity contribution >= 4 is 11.0 Å². The van der Waals surface area contributed by atoms with Crippen LogP contribution in [0.4, 0.5) is 0 Å². The molecular formula is C13H19N3O2. The van der Waals surface area contributed by atoms with Gasteiger partial charge in [0.2, 0.25) is 0 Å². The third-order valence-electron chi connectivity index (χ3n) is 3.10. The summed E-state index contributed by atoms with van der Waals surface area (Å²) in [6.07, 6.45) is 0.800. The van der Waals surface area contributed by atoms with Gasteiger partial charge in [0, 0.05) is 11.7 Å². The van der Waals surface area contributed by atoms with Crippen molar-refractivity contribution in [2.24, 2.45) is 5.92 Å². The third-order valence-corrected chi connectivity index (χ3v) is 3.10. The topological polar surface area (TPSA) is 70.7 Å². The minimum absolute atomic E-state index is 0.103. The highest BCUT2D eigenvalue weighted by Crippen LogP contribution is 2.14.